The lowest BCUT2D eigenvalue weighted by molar-refractivity contribution is 0.471. The Morgan fingerprint density at radius 3 is 2.08 bits per heavy atom. The predicted octanol–water partition coefficient (Wildman–Crippen LogP) is 4.78. The number of nitrogens with zero attached hydrogens (tertiary/aromatic N) is 4. The average Bonchev–Trinajstić information content (AvgIpc) is 2.78. The minimum absolute atomic E-state index is 0.157. The molecule has 2 aromatic heterocycles. The molecule has 3 rings (SSSR count). The van der Waals surface area contributed by atoms with Gasteiger partial charge in [-0.1, -0.05) is 15.9 Å². The summed E-state index contributed by atoms with van der Waals surface area (Å²) in [6.07, 6.45) is 1.65. The molecule has 5 nitrogen and oxygen atoms in total. The number of aromatic nitrogens is 3. The lowest BCUT2D eigenvalue weighted by Crippen LogP contribution is -1.96. The van der Waals surface area contributed by atoms with Crippen LogP contribution in [-0.2, 0) is 0 Å². The molecular formula is C17H16Br2N4O. The van der Waals surface area contributed by atoms with Crippen LogP contribution in [0.15, 0.2) is 26.2 Å². The molecule has 1 N–H and O–H groups in total. The average molecular weight is 452 g/mol. The Balaban J connectivity index is 2.18. The fourth-order valence-electron chi connectivity index (χ4n) is 2.94. The molecule has 7 heteroatoms. The highest BCUT2D eigenvalue weighted by molar-refractivity contribution is 9.11. The van der Waals surface area contributed by atoms with Crippen molar-refractivity contribution >= 4 is 48.8 Å². The molecule has 0 aliphatic rings. The van der Waals surface area contributed by atoms with Crippen LogP contribution in [-0.4, -0.2) is 26.2 Å². The molecule has 0 unspecified atom stereocenters. The predicted molar refractivity (Wildman–Crippen MR) is 103 cm³/mol. The topological polar surface area (TPSA) is 63.3 Å². The van der Waals surface area contributed by atoms with Crippen LogP contribution in [0, 0.1) is 27.7 Å². The van der Waals surface area contributed by atoms with Gasteiger partial charge < -0.3 is 5.11 Å². The van der Waals surface area contributed by atoms with E-state index in [1.54, 1.807) is 12.3 Å². The maximum atomic E-state index is 10.2. The van der Waals surface area contributed by atoms with Gasteiger partial charge in [-0.3, -0.25) is 0 Å². The molecule has 0 amide bonds. The molecule has 0 spiro atoms. The Labute approximate surface area is 156 Å². The number of hydrogen-bond acceptors (Lipinski definition) is 4. The van der Waals surface area contributed by atoms with E-state index < -0.39 is 0 Å². The molecule has 0 fully saturated rings. The van der Waals surface area contributed by atoms with E-state index in [1.807, 2.05) is 38.4 Å². The van der Waals surface area contributed by atoms with E-state index in [-0.39, 0.29) is 5.75 Å². The van der Waals surface area contributed by atoms with Crippen molar-refractivity contribution in [3.05, 3.63) is 49.4 Å². The molecule has 0 saturated carbocycles. The summed E-state index contributed by atoms with van der Waals surface area (Å²) < 4.78 is 3.34. The first-order valence-electron chi connectivity index (χ1n) is 7.35. The standard InChI is InChI=1S/C17H16Br2N4O/c1-8-15-10(3)23(11(4)16(15)9(2)22-21-8)20-7-12-5-13(18)6-14(19)17(12)24/h5-7,24H,1-4H3/b20-7-. The molecule has 3 aromatic rings. The van der Waals surface area contributed by atoms with Crippen molar-refractivity contribution in [1.29, 1.82) is 0 Å². The quantitative estimate of drug-likeness (QED) is 0.570. The minimum Gasteiger partial charge on any atom is -0.506 e. The highest BCUT2D eigenvalue weighted by Crippen LogP contribution is 2.32. The van der Waals surface area contributed by atoms with Gasteiger partial charge in [0.25, 0.3) is 0 Å². The molecule has 0 atom stereocenters. The van der Waals surface area contributed by atoms with Gasteiger partial charge >= 0.3 is 0 Å². The third-order valence-corrected chi connectivity index (χ3v) is 5.11. The maximum absolute atomic E-state index is 10.2. The number of phenolic OH excluding ortho intramolecular Hbond substituents is 1. The van der Waals surface area contributed by atoms with Gasteiger partial charge in [-0.25, -0.2) is 4.68 Å². The first-order chi connectivity index (χ1) is 11.3. The second-order valence-electron chi connectivity index (χ2n) is 5.67. The molecule has 0 aliphatic carbocycles. The third kappa shape index (κ3) is 2.75. The maximum Gasteiger partial charge on any atom is 0.138 e. The summed E-state index contributed by atoms with van der Waals surface area (Å²) >= 11 is 6.76. The van der Waals surface area contributed by atoms with Gasteiger partial charge in [0.2, 0.25) is 0 Å². The largest absolute Gasteiger partial charge is 0.506 e. The number of benzene rings is 1. The van der Waals surface area contributed by atoms with Crippen molar-refractivity contribution < 1.29 is 5.11 Å². The van der Waals surface area contributed by atoms with Gasteiger partial charge in [-0.2, -0.15) is 15.3 Å². The summed E-state index contributed by atoms with van der Waals surface area (Å²) in [5, 5.41) is 25.3. The zero-order chi connectivity index (χ0) is 17.6. The molecule has 0 saturated heterocycles. The van der Waals surface area contributed by atoms with E-state index >= 15 is 0 Å². The molecule has 0 aliphatic heterocycles. The van der Waals surface area contributed by atoms with E-state index in [4.69, 9.17) is 0 Å². The van der Waals surface area contributed by atoms with Crippen LogP contribution in [0.4, 0.5) is 0 Å². The SMILES string of the molecule is Cc1nnc(C)c2c(C)n(/N=C\c3cc(Br)cc(Br)c3O)c(C)c12. The van der Waals surface area contributed by atoms with E-state index in [1.165, 1.54) is 0 Å². The van der Waals surface area contributed by atoms with Gasteiger partial charge in [-0.15, -0.1) is 0 Å². The van der Waals surface area contributed by atoms with Crippen molar-refractivity contribution in [1.82, 2.24) is 14.9 Å². The third-order valence-electron chi connectivity index (χ3n) is 4.05. The minimum atomic E-state index is 0.157. The number of hydrogen-bond donors (Lipinski definition) is 1. The Morgan fingerprint density at radius 2 is 1.54 bits per heavy atom. The summed E-state index contributed by atoms with van der Waals surface area (Å²) in [6.45, 7) is 7.92. The molecule has 0 bridgehead atoms. The second kappa shape index (κ2) is 6.29. The highest BCUT2D eigenvalue weighted by Gasteiger charge is 2.16. The molecule has 24 heavy (non-hydrogen) atoms. The van der Waals surface area contributed by atoms with Crippen LogP contribution in [0.5, 0.6) is 5.75 Å². The van der Waals surface area contributed by atoms with Gasteiger partial charge in [-0.05, 0) is 55.8 Å². The number of rotatable bonds is 2. The Bertz CT molecular complexity index is 947. The molecule has 124 valence electrons. The first-order valence-corrected chi connectivity index (χ1v) is 8.93. The van der Waals surface area contributed by atoms with Crippen LogP contribution in [0.1, 0.15) is 28.3 Å². The van der Waals surface area contributed by atoms with E-state index in [0.717, 1.165) is 38.0 Å². The lowest BCUT2D eigenvalue weighted by Gasteiger charge is -2.05. The summed E-state index contributed by atoms with van der Waals surface area (Å²) in [6, 6.07) is 3.61. The van der Waals surface area contributed by atoms with E-state index in [2.05, 4.69) is 47.2 Å². The van der Waals surface area contributed by atoms with Crippen molar-refractivity contribution in [3.63, 3.8) is 0 Å². The van der Waals surface area contributed by atoms with Gasteiger partial charge in [0.15, 0.2) is 0 Å². The first kappa shape index (κ1) is 17.1. The summed E-state index contributed by atoms with van der Waals surface area (Å²) in [7, 11) is 0. The molecule has 0 radical (unpaired) electrons. The fourth-order valence-corrected chi connectivity index (χ4v) is 4.20. The normalized spacial score (nSPS) is 11.8. The molecular weight excluding hydrogens is 436 g/mol. The smallest absolute Gasteiger partial charge is 0.138 e. The summed E-state index contributed by atoms with van der Waals surface area (Å²) in [5.74, 6) is 0.157. The number of fused-ring (bicyclic) bond motifs is 1. The number of phenols is 1. The Kier molecular flexibility index (Phi) is 4.48. The van der Waals surface area contributed by atoms with E-state index in [9.17, 15) is 5.11 Å². The fraction of sp³-hybridized carbons (Fsp3) is 0.235. The van der Waals surface area contributed by atoms with Crippen LogP contribution < -0.4 is 0 Å². The monoisotopic (exact) mass is 450 g/mol. The van der Waals surface area contributed by atoms with Crippen LogP contribution in [0.2, 0.25) is 0 Å². The van der Waals surface area contributed by atoms with Gasteiger partial charge in [0.1, 0.15) is 5.75 Å². The Hall–Kier alpha value is -1.73. The molecule has 1 aromatic carbocycles. The summed E-state index contributed by atoms with van der Waals surface area (Å²) in [4.78, 5) is 0. The number of aromatic hydroxyl groups is 1. The van der Waals surface area contributed by atoms with Crippen LogP contribution in [0.3, 0.4) is 0 Å². The molecule has 2 heterocycles. The van der Waals surface area contributed by atoms with E-state index in [0.29, 0.717) is 10.0 Å². The lowest BCUT2D eigenvalue weighted by atomic mass is 10.1. The number of aryl methyl sites for hydroxylation is 4. The van der Waals surface area contributed by atoms with Crippen LogP contribution in [0.25, 0.3) is 10.8 Å². The second-order valence-corrected chi connectivity index (χ2v) is 7.44. The van der Waals surface area contributed by atoms with Crippen molar-refractivity contribution in [3.8, 4) is 5.75 Å². The van der Waals surface area contributed by atoms with Crippen molar-refractivity contribution in [2.45, 2.75) is 27.7 Å². The highest BCUT2D eigenvalue weighted by atomic mass is 79.9. The van der Waals surface area contributed by atoms with Gasteiger partial charge in [0, 0.05) is 32.2 Å². The zero-order valence-corrected chi connectivity index (χ0v) is 16.9. The summed E-state index contributed by atoms with van der Waals surface area (Å²) in [5.41, 5.74) is 4.40. The Morgan fingerprint density at radius 1 is 1.00 bits per heavy atom. The van der Waals surface area contributed by atoms with Gasteiger partial charge in [0.05, 0.1) is 22.1 Å². The number of halogens is 2. The van der Waals surface area contributed by atoms with Crippen molar-refractivity contribution in [2.24, 2.45) is 5.10 Å². The zero-order valence-electron chi connectivity index (χ0n) is 13.7. The van der Waals surface area contributed by atoms with Crippen LogP contribution >= 0.6 is 31.9 Å². The van der Waals surface area contributed by atoms with Crippen molar-refractivity contribution in [2.75, 3.05) is 0 Å².